The van der Waals surface area contributed by atoms with Gasteiger partial charge >= 0.3 is 5.97 Å². The number of carboxylic acids is 1. The maximum absolute atomic E-state index is 12.4. The van der Waals surface area contributed by atoms with Crippen LogP contribution in [0.1, 0.15) is 42.2 Å². The van der Waals surface area contributed by atoms with Crippen LogP contribution in [-0.2, 0) is 0 Å². The van der Waals surface area contributed by atoms with Crippen molar-refractivity contribution < 1.29 is 29.7 Å². The fourth-order valence-electron chi connectivity index (χ4n) is 2.41. The van der Waals surface area contributed by atoms with Crippen LogP contribution in [0.5, 0.6) is 11.5 Å². The fraction of sp³-hybridized carbons (Fsp3) is 0. The maximum Gasteiger partial charge on any atom is 0.335 e. The van der Waals surface area contributed by atoms with Crippen LogP contribution in [0, 0.1) is 0 Å². The number of carbonyl (C=O) groups excluding carboxylic acids is 2. The lowest BCUT2D eigenvalue weighted by Crippen LogP contribution is -2.22. The Morgan fingerprint density at radius 1 is 0.864 bits per heavy atom. The van der Waals surface area contributed by atoms with Gasteiger partial charge in [0.2, 0.25) is 5.78 Å². The van der Waals surface area contributed by atoms with Crippen molar-refractivity contribution in [3.8, 4) is 11.5 Å². The number of carboxylic acid groups (broad SMARTS) is 1. The lowest BCUT2D eigenvalue weighted by atomic mass is 9.82. The van der Waals surface area contributed by atoms with Gasteiger partial charge in [-0.1, -0.05) is 12.1 Å². The summed E-state index contributed by atoms with van der Waals surface area (Å²) in [6.45, 7) is 0. The molecule has 0 radical (unpaired) electrons. The van der Waals surface area contributed by atoms with Gasteiger partial charge in [0.15, 0.2) is 5.78 Å². The Morgan fingerprint density at radius 3 is 2.14 bits per heavy atom. The number of aromatic hydroxyl groups is 2. The Balaban J connectivity index is 0.00000176. The molecule has 1 aliphatic rings. The summed E-state index contributed by atoms with van der Waals surface area (Å²) in [6.07, 6.45) is 0. The van der Waals surface area contributed by atoms with Gasteiger partial charge in [-0.05, 0) is 18.2 Å². The molecule has 0 saturated carbocycles. The Morgan fingerprint density at radius 2 is 1.50 bits per heavy atom. The summed E-state index contributed by atoms with van der Waals surface area (Å²) in [5.74, 6) is -3.62. The molecule has 0 atom stereocenters. The second-order valence-corrected chi connectivity index (χ2v) is 4.58. The molecule has 3 N–H and O–H groups in total. The minimum absolute atomic E-state index is 0. The molecule has 0 fully saturated rings. The first-order valence-corrected chi connectivity index (χ1v) is 5.93. The average Bonchev–Trinajstić information content (AvgIpc) is 2.43. The quantitative estimate of drug-likeness (QED) is 0.632. The summed E-state index contributed by atoms with van der Waals surface area (Å²) in [4.78, 5) is 35.7. The molecular weight excluding hydrogens is 312 g/mol. The van der Waals surface area contributed by atoms with Crippen molar-refractivity contribution in [3.05, 3.63) is 58.1 Å². The van der Waals surface area contributed by atoms with E-state index in [0.717, 1.165) is 12.1 Å². The van der Waals surface area contributed by atoms with Crippen LogP contribution in [0.15, 0.2) is 30.3 Å². The molecule has 0 amide bonds. The van der Waals surface area contributed by atoms with Gasteiger partial charge in [-0.15, -0.1) is 12.4 Å². The second-order valence-electron chi connectivity index (χ2n) is 4.58. The maximum atomic E-state index is 12.4. The Bertz CT molecular complexity index is 840. The van der Waals surface area contributed by atoms with E-state index in [1.807, 2.05) is 0 Å². The number of ketones is 2. The molecule has 0 spiro atoms. The minimum atomic E-state index is -1.32. The normalized spacial score (nSPS) is 12.2. The third-order valence-electron chi connectivity index (χ3n) is 3.35. The van der Waals surface area contributed by atoms with E-state index in [1.54, 1.807) is 0 Å². The summed E-state index contributed by atoms with van der Waals surface area (Å²) < 4.78 is 0. The lowest BCUT2D eigenvalue weighted by Gasteiger charge is -2.19. The van der Waals surface area contributed by atoms with Crippen LogP contribution < -0.4 is 0 Å². The van der Waals surface area contributed by atoms with E-state index in [0.29, 0.717) is 0 Å². The Kier molecular flexibility index (Phi) is 3.64. The number of aromatic carboxylic acids is 1. The summed E-state index contributed by atoms with van der Waals surface area (Å²) >= 11 is 0. The number of phenols is 2. The second kappa shape index (κ2) is 5.16. The molecule has 0 aliphatic heterocycles. The van der Waals surface area contributed by atoms with E-state index in [-0.39, 0.29) is 46.0 Å². The van der Waals surface area contributed by atoms with E-state index < -0.39 is 23.3 Å². The number of rotatable bonds is 1. The van der Waals surface area contributed by atoms with Crippen molar-refractivity contribution in [1.29, 1.82) is 0 Å². The highest BCUT2D eigenvalue weighted by molar-refractivity contribution is 6.30. The van der Waals surface area contributed by atoms with Crippen LogP contribution in [0.2, 0.25) is 0 Å². The van der Waals surface area contributed by atoms with E-state index in [9.17, 15) is 24.6 Å². The van der Waals surface area contributed by atoms with Gasteiger partial charge in [-0.3, -0.25) is 9.59 Å². The zero-order valence-electron chi connectivity index (χ0n) is 10.9. The van der Waals surface area contributed by atoms with Crippen LogP contribution >= 0.6 is 12.4 Å². The number of carbonyl (C=O) groups is 3. The first-order valence-electron chi connectivity index (χ1n) is 5.93. The molecule has 6 nitrogen and oxygen atoms in total. The van der Waals surface area contributed by atoms with Gasteiger partial charge in [0.1, 0.15) is 11.5 Å². The third kappa shape index (κ3) is 2.01. The molecule has 0 unspecified atom stereocenters. The molecule has 2 aromatic rings. The molecule has 0 heterocycles. The molecule has 7 heteroatoms. The zero-order chi connectivity index (χ0) is 15.3. The van der Waals surface area contributed by atoms with Crippen LogP contribution in [0.25, 0.3) is 0 Å². The van der Waals surface area contributed by atoms with Crippen molar-refractivity contribution in [2.24, 2.45) is 0 Å². The highest BCUT2D eigenvalue weighted by Gasteiger charge is 2.34. The third-order valence-corrected chi connectivity index (χ3v) is 3.35. The van der Waals surface area contributed by atoms with E-state index >= 15 is 0 Å². The predicted molar refractivity (Wildman–Crippen MR) is 77.3 cm³/mol. The monoisotopic (exact) mass is 320 g/mol. The lowest BCUT2D eigenvalue weighted by molar-refractivity contribution is 0.0695. The van der Waals surface area contributed by atoms with Gasteiger partial charge in [0, 0.05) is 11.1 Å². The van der Waals surface area contributed by atoms with Crippen molar-refractivity contribution >= 4 is 29.9 Å². The number of fused-ring (bicyclic) bond motifs is 2. The minimum Gasteiger partial charge on any atom is -0.507 e. The van der Waals surface area contributed by atoms with E-state index in [1.165, 1.54) is 18.2 Å². The highest BCUT2D eigenvalue weighted by atomic mass is 35.5. The molecule has 1 aliphatic carbocycles. The SMILES string of the molecule is Cl.O=C(O)c1cc(O)c2c(c1)C(=O)c1cccc(O)c1C2=O. The van der Waals surface area contributed by atoms with Crippen LogP contribution in [0.3, 0.4) is 0 Å². The number of halogens is 1. The van der Waals surface area contributed by atoms with Gasteiger partial charge in [0.05, 0.1) is 16.7 Å². The smallest absolute Gasteiger partial charge is 0.335 e. The molecule has 0 saturated heterocycles. The summed E-state index contributed by atoms with van der Waals surface area (Å²) in [5.41, 5.74) is -0.978. The number of benzene rings is 2. The standard InChI is InChI=1S/C15H8O6.ClH/c16-9-3-1-2-7-11(9)14(19)12-8(13(7)18)4-6(15(20)21)5-10(12)17;/h1-5,16-17H,(H,20,21);1H. The van der Waals surface area contributed by atoms with Gasteiger partial charge in [-0.25, -0.2) is 4.79 Å². The molecule has 3 rings (SSSR count). The fourth-order valence-corrected chi connectivity index (χ4v) is 2.41. The molecule has 22 heavy (non-hydrogen) atoms. The highest BCUT2D eigenvalue weighted by Crippen LogP contribution is 2.37. The Hall–Kier alpha value is -2.86. The van der Waals surface area contributed by atoms with Crippen molar-refractivity contribution in [3.63, 3.8) is 0 Å². The molecule has 0 aromatic heterocycles. The first-order chi connectivity index (χ1) is 9.91. The van der Waals surface area contributed by atoms with Crippen molar-refractivity contribution in [2.45, 2.75) is 0 Å². The van der Waals surface area contributed by atoms with Gasteiger partial charge in [-0.2, -0.15) is 0 Å². The summed E-state index contributed by atoms with van der Waals surface area (Å²) in [7, 11) is 0. The van der Waals surface area contributed by atoms with Gasteiger partial charge in [0.25, 0.3) is 0 Å². The summed E-state index contributed by atoms with van der Waals surface area (Å²) in [5, 5.41) is 28.6. The Labute approximate surface area is 130 Å². The molecule has 112 valence electrons. The topological polar surface area (TPSA) is 112 Å². The number of phenolic OH excluding ortho intramolecular Hbond substituents is 2. The predicted octanol–water partition coefficient (Wildman–Crippen LogP) is 1.99. The zero-order valence-corrected chi connectivity index (χ0v) is 11.7. The van der Waals surface area contributed by atoms with Gasteiger partial charge < -0.3 is 15.3 Å². The van der Waals surface area contributed by atoms with Crippen LogP contribution in [-0.4, -0.2) is 32.9 Å². The van der Waals surface area contributed by atoms with Crippen molar-refractivity contribution in [2.75, 3.05) is 0 Å². The largest absolute Gasteiger partial charge is 0.507 e. The van der Waals surface area contributed by atoms with Crippen molar-refractivity contribution in [1.82, 2.24) is 0 Å². The van der Waals surface area contributed by atoms with Crippen LogP contribution in [0.4, 0.5) is 0 Å². The average molecular weight is 321 g/mol. The molecule has 0 bridgehead atoms. The summed E-state index contributed by atoms with van der Waals surface area (Å²) in [6, 6.07) is 5.98. The van der Waals surface area contributed by atoms with E-state index in [4.69, 9.17) is 5.11 Å². The number of hydrogen-bond acceptors (Lipinski definition) is 5. The van der Waals surface area contributed by atoms with E-state index in [2.05, 4.69) is 0 Å². The molecular formula is C15H9ClO6. The molecule has 2 aromatic carbocycles. The number of hydrogen-bond donors (Lipinski definition) is 3. The first kappa shape index (κ1) is 15.5.